The van der Waals surface area contributed by atoms with Crippen LogP contribution < -0.4 is 0 Å². The Labute approximate surface area is 64.9 Å². The number of hydrogen-bond donors (Lipinski definition) is 0. The molecule has 0 aromatic carbocycles. The molecule has 1 rings (SSSR count). The highest BCUT2D eigenvalue weighted by Gasteiger charge is 2.33. The van der Waals surface area contributed by atoms with Crippen LogP contribution in [0.1, 0.15) is 13.8 Å². The topological polar surface area (TPSA) is 15.7 Å². The lowest BCUT2D eigenvalue weighted by Gasteiger charge is -2.48. The molecule has 3 nitrogen and oxygen atoms in total. The van der Waals surface area contributed by atoms with Gasteiger partial charge in [-0.15, -0.1) is 0 Å². The van der Waals surface area contributed by atoms with Crippen LogP contribution in [0.4, 0.5) is 0 Å². The summed E-state index contributed by atoms with van der Waals surface area (Å²) in [6.45, 7) is 6.65. The number of methoxy groups -OCH3 is 1. The van der Waals surface area contributed by atoms with Gasteiger partial charge in [0.05, 0.1) is 0 Å². The summed E-state index contributed by atoms with van der Waals surface area (Å²) in [5, 5.41) is 0. The molecule has 1 saturated heterocycles. The van der Waals surface area contributed by atoms with Crippen LogP contribution in [0.2, 0.25) is 0 Å². The van der Waals surface area contributed by atoms with Crippen molar-refractivity contribution in [3.05, 3.63) is 0 Å². The average Bonchev–Trinajstić information content (AvgIpc) is 1.89. The van der Waals surface area contributed by atoms with E-state index in [1.54, 1.807) is 7.11 Å². The van der Waals surface area contributed by atoms with E-state index in [2.05, 4.69) is 23.0 Å². The predicted octanol–water partition coefficient (Wildman–Crippen LogP) is -0.427. The zero-order valence-corrected chi connectivity index (χ0v) is 8.42. The fourth-order valence-electron chi connectivity index (χ4n) is 1.32. The molecule has 0 unspecified atom stereocenters. The van der Waals surface area contributed by atoms with Crippen molar-refractivity contribution in [2.75, 3.05) is 20.2 Å². The Morgan fingerprint density at radius 2 is 1.80 bits per heavy atom. The zero-order valence-electron chi connectivity index (χ0n) is 7.00. The third-order valence-corrected chi connectivity index (χ3v) is 4.26. The first-order chi connectivity index (χ1) is 4.83. The molecule has 1 fully saturated rings. The van der Waals surface area contributed by atoms with Gasteiger partial charge in [0.25, 0.3) is 0 Å². The minimum absolute atomic E-state index is 0.0839. The Hall–Kier alpha value is 0.0969. The van der Waals surface area contributed by atoms with Crippen molar-refractivity contribution in [2.45, 2.75) is 20.2 Å². The summed E-state index contributed by atoms with van der Waals surface area (Å²) < 4.78 is 10.1. The smallest absolute Gasteiger partial charge is 0.179 e. The third-order valence-electron chi connectivity index (χ3n) is 2.01. The van der Waals surface area contributed by atoms with Crippen molar-refractivity contribution >= 4 is 9.84 Å². The molecule has 0 bridgehead atoms. The molecule has 0 radical (unpaired) electrons. The van der Waals surface area contributed by atoms with Crippen LogP contribution in [-0.4, -0.2) is 45.5 Å². The molecule has 0 spiro atoms. The zero-order chi connectivity index (χ0) is 7.56. The molecule has 0 N–H and O–H groups in total. The summed E-state index contributed by atoms with van der Waals surface area (Å²) >= 11 is 0. The van der Waals surface area contributed by atoms with Crippen molar-refractivity contribution < 1.29 is 4.74 Å². The lowest BCUT2D eigenvalue weighted by atomic mass is 10.6. The van der Waals surface area contributed by atoms with E-state index in [0.29, 0.717) is 6.35 Å². The summed E-state index contributed by atoms with van der Waals surface area (Å²) in [7, 11) is 1.70. The quantitative estimate of drug-likeness (QED) is 0.521. The first kappa shape index (κ1) is 8.20. The highest BCUT2D eigenvalue weighted by atomic mass is 28.2. The fourth-order valence-corrected chi connectivity index (χ4v) is 2.92. The first-order valence-electron chi connectivity index (χ1n) is 3.84. The number of ether oxygens (including phenoxy) is 1. The highest BCUT2D eigenvalue weighted by Crippen LogP contribution is 2.14. The molecule has 0 amide bonds. The maximum atomic E-state index is 5.28. The largest absolute Gasteiger partial charge is 0.354 e. The van der Waals surface area contributed by atoms with E-state index >= 15 is 0 Å². The van der Waals surface area contributed by atoms with E-state index in [0.717, 1.165) is 13.1 Å². The molecule has 10 heavy (non-hydrogen) atoms. The Balaban J connectivity index is 2.30. The van der Waals surface area contributed by atoms with E-state index in [9.17, 15) is 0 Å². The predicted molar refractivity (Wildman–Crippen MR) is 44.1 cm³/mol. The number of hydrogen-bond acceptors (Lipinski definition) is 3. The maximum absolute atomic E-state index is 5.28. The summed E-state index contributed by atoms with van der Waals surface area (Å²) in [6, 6.07) is 0. The van der Waals surface area contributed by atoms with Gasteiger partial charge < -0.3 is 4.74 Å². The van der Waals surface area contributed by atoms with Crippen molar-refractivity contribution in [3.63, 3.8) is 0 Å². The summed E-state index contributed by atoms with van der Waals surface area (Å²) in [5.41, 5.74) is 0. The van der Waals surface area contributed by atoms with Gasteiger partial charge in [-0.2, -0.15) is 0 Å². The van der Waals surface area contributed by atoms with E-state index in [1.807, 2.05) is 0 Å². The van der Waals surface area contributed by atoms with Gasteiger partial charge in [-0.25, -0.2) is 0 Å². The van der Waals surface area contributed by atoms with Crippen LogP contribution in [-0.2, 0) is 4.74 Å². The standard InChI is InChI=1S/C6H16N2OSi/c1-4-7-6(9-3)8(5-2)10-7/h6H,4-5,10H2,1-3H3. The lowest BCUT2D eigenvalue weighted by molar-refractivity contribution is -0.109. The van der Waals surface area contributed by atoms with Crippen LogP contribution in [0.3, 0.4) is 0 Å². The Bertz CT molecular complexity index is 102. The third kappa shape index (κ3) is 1.25. The van der Waals surface area contributed by atoms with Crippen LogP contribution in [0.5, 0.6) is 0 Å². The van der Waals surface area contributed by atoms with Gasteiger partial charge in [-0.1, -0.05) is 13.8 Å². The van der Waals surface area contributed by atoms with E-state index in [4.69, 9.17) is 4.74 Å². The fraction of sp³-hybridized carbons (Fsp3) is 1.00. The molecule has 0 saturated carbocycles. The summed E-state index contributed by atoms with van der Waals surface area (Å²) in [4.78, 5) is 0. The van der Waals surface area contributed by atoms with Gasteiger partial charge in [0.1, 0.15) is 0 Å². The van der Waals surface area contributed by atoms with E-state index in [-0.39, 0.29) is 9.84 Å². The van der Waals surface area contributed by atoms with Gasteiger partial charge in [0.15, 0.2) is 16.2 Å². The second-order valence-electron chi connectivity index (χ2n) is 2.51. The minimum Gasteiger partial charge on any atom is -0.354 e. The molecule has 1 aliphatic rings. The normalized spacial score (nSPS) is 30.9. The van der Waals surface area contributed by atoms with E-state index < -0.39 is 0 Å². The number of nitrogens with zero attached hydrogens (tertiary/aromatic N) is 2. The molecule has 0 aromatic rings. The van der Waals surface area contributed by atoms with Crippen LogP contribution in [0.15, 0.2) is 0 Å². The van der Waals surface area contributed by atoms with Crippen molar-refractivity contribution in [1.29, 1.82) is 0 Å². The molecule has 1 heterocycles. The number of rotatable bonds is 3. The van der Waals surface area contributed by atoms with Gasteiger partial charge in [-0.3, -0.25) is 9.13 Å². The van der Waals surface area contributed by atoms with Crippen molar-refractivity contribution in [2.24, 2.45) is 0 Å². The minimum atomic E-state index is -0.0839. The molecular weight excluding hydrogens is 144 g/mol. The molecule has 1 aliphatic heterocycles. The van der Waals surface area contributed by atoms with Crippen molar-refractivity contribution in [1.82, 2.24) is 9.13 Å². The lowest BCUT2D eigenvalue weighted by Crippen LogP contribution is -2.66. The van der Waals surface area contributed by atoms with Gasteiger partial charge in [-0.05, 0) is 13.1 Å². The SMILES string of the molecule is CCN1[SiH2]N(CC)C1OC. The average molecular weight is 160 g/mol. The molecule has 4 heteroatoms. The van der Waals surface area contributed by atoms with Gasteiger partial charge in [0, 0.05) is 7.11 Å². The highest BCUT2D eigenvalue weighted by molar-refractivity contribution is 6.31. The van der Waals surface area contributed by atoms with Crippen LogP contribution >= 0.6 is 0 Å². The molecule has 60 valence electrons. The first-order valence-corrected chi connectivity index (χ1v) is 5.10. The summed E-state index contributed by atoms with van der Waals surface area (Å²) in [6.07, 6.45) is 0.307. The second kappa shape index (κ2) is 3.48. The Morgan fingerprint density at radius 3 is 2.10 bits per heavy atom. The second-order valence-corrected chi connectivity index (χ2v) is 4.42. The summed E-state index contributed by atoms with van der Waals surface area (Å²) in [5.74, 6) is 0. The monoisotopic (exact) mass is 160 g/mol. The molecule has 0 aromatic heterocycles. The van der Waals surface area contributed by atoms with Crippen LogP contribution in [0, 0.1) is 0 Å². The van der Waals surface area contributed by atoms with Gasteiger partial charge in [0.2, 0.25) is 0 Å². The molecule has 0 aliphatic carbocycles. The molecular formula is C6H16N2OSi. The molecule has 0 atom stereocenters. The van der Waals surface area contributed by atoms with E-state index in [1.165, 1.54) is 0 Å². The van der Waals surface area contributed by atoms with Gasteiger partial charge >= 0.3 is 0 Å². The van der Waals surface area contributed by atoms with Crippen molar-refractivity contribution in [3.8, 4) is 0 Å². The van der Waals surface area contributed by atoms with Crippen LogP contribution in [0.25, 0.3) is 0 Å². The Kier molecular flexibility index (Phi) is 2.85. The Morgan fingerprint density at radius 1 is 1.30 bits per heavy atom. The maximum Gasteiger partial charge on any atom is 0.179 e.